The lowest BCUT2D eigenvalue weighted by molar-refractivity contribution is 0.136. The highest BCUT2D eigenvalue weighted by Gasteiger charge is 2.14. The van der Waals surface area contributed by atoms with Crippen molar-refractivity contribution in [2.45, 2.75) is 40.0 Å². The van der Waals surface area contributed by atoms with Crippen molar-refractivity contribution in [1.82, 2.24) is 19.1 Å². The molecule has 5 nitrogen and oxygen atoms in total. The maximum atomic E-state index is 10.7. The first-order valence-corrected chi connectivity index (χ1v) is 8.55. The molecule has 1 N–H and O–H groups in total. The number of benzene rings is 2. The molecule has 0 fully saturated rings. The number of para-hydroxylation sites is 2. The van der Waals surface area contributed by atoms with Crippen molar-refractivity contribution in [1.29, 1.82) is 0 Å². The summed E-state index contributed by atoms with van der Waals surface area (Å²) in [4.78, 5) is 9.04. The summed E-state index contributed by atoms with van der Waals surface area (Å²) in [5.74, 6) is 0.919. The summed E-state index contributed by atoms with van der Waals surface area (Å²) in [5.41, 5.74) is 6.53. The molecular formula is C20H22N4O. The number of aliphatic hydroxyl groups is 1. The van der Waals surface area contributed by atoms with Crippen molar-refractivity contribution >= 4 is 22.1 Å². The van der Waals surface area contributed by atoms with Gasteiger partial charge in [-0.05, 0) is 56.2 Å². The number of hydrogen-bond donors (Lipinski definition) is 1. The second-order valence-corrected chi connectivity index (χ2v) is 6.73. The zero-order valence-corrected chi connectivity index (χ0v) is 14.8. The van der Waals surface area contributed by atoms with E-state index in [1.54, 1.807) is 0 Å². The van der Waals surface area contributed by atoms with E-state index in [1.807, 2.05) is 42.1 Å². The van der Waals surface area contributed by atoms with Crippen molar-refractivity contribution in [2.75, 3.05) is 0 Å². The van der Waals surface area contributed by atoms with Gasteiger partial charge in [0.05, 0.1) is 47.6 Å². The highest BCUT2D eigenvalue weighted by atomic mass is 16.3. The Hall–Kier alpha value is -2.66. The fraction of sp³-hybridized carbons (Fsp3) is 0.300. The molecule has 0 aliphatic rings. The van der Waals surface area contributed by atoms with Gasteiger partial charge in [-0.25, -0.2) is 9.97 Å². The number of aromatic nitrogens is 4. The number of rotatable bonds is 4. The maximum Gasteiger partial charge on any atom is 0.106 e. The van der Waals surface area contributed by atoms with Crippen LogP contribution in [-0.2, 0) is 13.1 Å². The fourth-order valence-corrected chi connectivity index (χ4v) is 3.38. The number of nitrogens with zero attached hydrogens (tertiary/aromatic N) is 4. The number of imidazole rings is 2. The zero-order valence-electron chi connectivity index (χ0n) is 14.8. The van der Waals surface area contributed by atoms with E-state index in [0.29, 0.717) is 13.1 Å². The van der Waals surface area contributed by atoms with Crippen molar-refractivity contribution in [3.8, 4) is 0 Å². The lowest BCUT2D eigenvalue weighted by atomic mass is 10.1. The van der Waals surface area contributed by atoms with Crippen LogP contribution >= 0.6 is 0 Å². The topological polar surface area (TPSA) is 55.9 Å². The van der Waals surface area contributed by atoms with Gasteiger partial charge in [0.1, 0.15) is 5.82 Å². The highest BCUT2D eigenvalue weighted by Crippen LogP contribution is 2.20. The molecule has 4 rings (SSSR count). The van der Waals surface area contributed by atoms with Crippen LogP contribution in [0.2, 0.25) is 0 Å². The molecule has 128 valence electrons. The Bertz CT molecular complexity index is 1060. The summed E-state index contributed by atoms with van der Waals surface area (Å²) in [5, 5.41) is 10.7. The molecule has 0 unspecified atom stereocenters. The van der Waals surface area contributed by atoms with Crippen LogP contribution < -0.4 is 0 Å². The molecule has 0 amide bonds. The Balaban J connectivity index is 1.61. The van der Waals surface area contributed by atoms with Gasteiger partial charge in [0, 0.05) is 0 Å². The minimum atomic E-state index is -0.518. The Morgan fingerprint density at radius 1 is 0.960 bits per heavy atom. The number of aryl methyl sites for hydroxylation is 3. The predicted octanol–water partition coefficient (Wildman–Crippen LogP) is 3.37. The molecule has 0 aliphatic heterocycles. The van der Waals surface area contributed by atoms with Crippen molar-refractivity contribution < 1.29 is 5.11 Å². The summed E-state index contributed by atoms with van der Waals surface area (Å²) >= 11 is 0. The molecule has 0 aliphatic carbocycles. The van der Waals surface area contributed by atoms with Crippen molar-refractivity contribution in [3.05, 3.63) is 59.7 Å². The van der Waals surface area contributed by atoms with Gasteiger partial charge in [0.25, 0.3) is 0 Å². The number of aliphatic hydroxyl groups excluding tert-OH is 1. The minimum Gasteiger partial charge on any atom is -0.389 e. The summed E-state index contributed by atoms with van der Waals surface area (Å²) < 4.78 is 4.11. The van der Waals surface area contributed by atoms with Gasteiger partial charge in [-0.3, -0.25) is 0 Å². The maximum absolute atomic E-state index is 10.7. The fourth-order valence-electron chi connectivity index (χ4n) is 3.38. The summed E-state index contributed by atoms with van der Waals surface area (Å²) in [7, 11) is 0. The van der Waals surface area contributed by atoms with Gasteiger partial charge in [-0.15, -0.1) is 0 Å². The molecule has 2 aromatic heterocycles. The van der Waals surface area contributed by atoms with Gasteiger partial charge >= 0.3 is 0 Å². The molecule has 2 heterocycles. The molecule has 0 bridgehead atoms. The quantitative estimate of drug-likeness (QED) is 0.622. The third kappa shape index (κ3) is 2.81. The first kappa shape index (κ1) is 15.8. The Morgan fingerprint density at radius 3 is 2.56 bits per heavy atom. The second-order valence-electron chi connectivity index (χ2n) is 6.73. The molecule has 0 saturated carbocycles. The monoisotopic (exact) mass is 334 g/mol. The summed E-state index contributed by atoms with van der Waals surface area (Å²) in [6, 6.07) is 12.3. The summed E-state index contributed by atoms with van der Waals surface area (Å²) in [6.45, 7) is 7.19. The minimum absolute atomic E-state index is 0.505. The molecule has 0 saturated heterocycles. The van der Waals surface area contributed by atoms with E-state index in [2.05, 4.69) is 40.5 Å². The van der Waals surface area contributed by atoms with Crippen molar-refractivity contribution in [3.63, 3.8) is 0 Å². The molecule has 1 atom stereocenters. The van der Waals surface area contributed by atoms with Gasteiger partial charge in [-0.2, -0.15) is 0 Å². The smallest absolute Gasteiger partial charge is 0.106 e. The lowest BCUT2D eigenvalue weighted by Crippen LogP contribution is -2.22. The van der Waals surface area contributed by atoms with E-state index >= 15 is 0 Å². The van der Waals surface area contributed by atoms with E-state index in [0.717, 1.165) is 27.9 Å². The van der Waals surface area contributed by atoms with Crippen molar-refractivity contribution in [2.24, 2.45) is 0 Å². The average Bonchev–Trinajstić information content (AvgIpc) is 3.10. The van der Waals surface area contributed by atoms with E-state index in [1.165, 1.54) is 11.1 Å². The summed E-state index contributed by atoms with van der Waals surface area (Å²) in [6.07, 6.45) is 1.29. The van der Waals surface area contributed by atoms with E-state index in [-0.39, 0.29) is 0 Å². The van der Waals surface area contributed by atoms with Crippen LogP contribution in [0.25, 0.3) is 22.1 Å². The molecule has 5 heteroatoms. The Morgan fingerprint density at radius 2 is 1.72 bits per heavy atom. The molecule has 2 aromatic carbocycles. The zero-order chi connectivity index (χ0) is 17.6. The van der Waals surface area contributed by atoms with Gasteiger partial charge in [0.15, 0.2) is 0 Å². The van der Waals surface area contributed by atoms with Crippen LogP contribution in [0.3, 0.4) is 0 Å². The normalized spacial score (nSPS) is 13.0. The van der Waals surface area contributed by atoms with E-state index < -0.39 is 6.10 Å². The van der Waals surface area contributed by atoms with Crippen LogP contribution in [0, 0.1) is 20.8 Å². The Kier molecular flexibility index (Phi) is 3.81. The Labute approximate surface area is 146 Å². The first-order chi connectivity index (χ1) is 12.0. The average molecular weight is 334 g/mol. The third-order valence-electron chi connectivity index (χ3n) is 4.88. The van der Waals surface area contributed by atoms with Gasteiger partial charge < -0.3 is 14.2 Å². The van der Waals surface area contributed by atoms with Crippen LogP contribution in [-0.4, -0.2) is 30.3 Å². The van der Waals surface area contributed by atoms with Gasteiger partial charge in [-0.1, -0.05) is 12.1 Å². The largest absolute Gasteiger partial charge is 0.389 e. The van der Waals surface area contributed by atoms with Crippen LogP contribution in [0.5, 0.6) is 0 Å². The van der Waals surface area contributed by atoms with Crippen LogP contribution in [0.1, 0.15) is 17.0 Å². The van der Waals surface area contributed by atoms with Crippen LogP contribution in [0.4, 0.5) is 0 Å². The molecule has 25 heavy (non-hydrogen) atoms. The van der Waals surface area contributed by atoms with E-state index in [9.17, 15) is 5.11 Å². The van der Waals surface area contributed by atoms with Gasteiger partial charge in [0.2, 0.25) is 0 Å². The molecule has 0 radical (unpaired) electrons. The third-order valence-corrected chi connectivity index (χ3v) is 4.88. The highest BCUT2D eigenvalue weighted by molar-refractivity contribution is 5.77. The van der Waals surface area contributed by atoms with E-state index in [4.69, 9.17) is 0 Å². The molecule has 4 aromatic rings. The molecular weight excluding hydrogens is 312 g/mol. The SMILES string of the molecule is Cc1cc2ncn(C[C@@H](O)Cn3c(C)nc4ccccc43)c2cc1C. The standard InChI is InChI=1S/C20H22N4O/c1-13-8-18-20(9-14(13)2)23(12-21-18)10-16(25)11-24-15(3)22-17-6-4-5-7-19(17)24/h4-9,12,16,25H,10-11H2,1-3H3/t16-/m1/s1. The lowest BCUT2D eigenvalue weighted by Gasteiger charge is -2.15. The number of hydrogen-bond acceptors (Lipinski definition) is 3. The first-order valence-electron chi connectivity index (χ1n) is 8.55. The second kappa shape index (κ2) is 6.01. The predicted molar refractivity (Wildman–Crippen MR) is 99.7 cm³/mol. The number of fused-ring (bicyclic) bond motifs is 2. The van der Waals surface area contributed by atoms with Crippen LogP contribution in [0.15, 0.2) is 42.7 Å². The molecule has 0 spiro atoms.